The highest BCUT2D eigenvalue weighted by molar-refractivity contribution is 5.88. The first-order chi connectivity index (χ1) is 7.56. The molecular formula is C11H14FNO3. The van der Waals surface area contributed by atoms with Crippen LogP contribution in [0.5, 0.6) is 0 Å². The second kappa shape index (κ2) is 5.46. The van der Waals surface area contributed by atoms with E-state index in [9.17, 15) is 9.18 Å². The molecule has 0 unspecified atom stereocenters. The van der Waals surface area contributed by atoms with Gasteiger partial charge in [0.25, 0.3) is 0 Å². The first-order valence-corrected chi connectivity index (χ1v) is 4.79. The number of anilines is 1. The number of hydrogen-bond acceptors (Lipinski definition) is 3. The number of benzene rings is 1. The summed E-state index contributed by atoms with van der Waals surface area (Å²) in [5, 5.41) is 8.68. The number of halogens is 1. The molecule has 1 N–H and O–H groups in total. The number of ether oxygens (including phenoxy) is 1. The van der Waals surface area contributed by atoms with Crippen molar-refractivity contribution in [2.24, 2.45) is 0 Å². The summed E-state index contributed by atoms with van der Waals surface area (Å²) in [4.78, 5) is 12.3. The van der Waals surface area contributed by atoms with Gasteiger partial charge in [-0.1, -0.05) is 0 Å². The predicted molar refractivity (Wildman–Crippen MR) is 58.5 cm³/mol. The standard InChI is InChI=1S/C11H14FNO3/c1-13(5-6-16-2)10-4-3-8(11(14)15)7-9(10)12/h3-4,7H,5-6H2,1-2H3,(H,14,15). The van der Waals surface area contributed by atoms with Crippen molar-refractivity contribution in [3.05, 3.63) is 29.6 Å². The Morgan fingerprint density at radius 1 is 1.56 bits per heavy atom. The molecule has 0 saturated heterocycles. The van der Waals surface area contributed by atoms with Crippen molar-refractivity contribution in [3.8, 4) is 0 Å². The van der Waals surface area contributed by atoms with Crippen molar-refractivity contribution < 1.29 is 19.0 Å². The van der Waals surface area contributed by atoms with Gasteiger partial charge < -0.3 is 14.7 Å². The fourth-order valence-electron chi connectivity index (χ4n) is 1.30. The lowest BCUT2D eigenvalue weighted by atomic mass is 10.2. The minimum absolute atomic E-state index is 0.0543. The lowest BCUT2D eigenvalue weighted by molar-refractivity contribution is 0.0696. The van der Waals surface area contributed by atoms with E-state index in [1.807, 2.05) is 0 Å². The van der Waals surface area contributed by atoms with Gasteiger partial charge in [0, 0.05) is 20.7 Å². The van der Waals surface area contributed by atoms with Crippen molar-refractivity contribution in [2.75, 3.05) is 32.2 Å². The average molecular weight is 227 g/mol. The Labute approximate surface area is 93.3 Å². The van der Waals surface area contributed by atoms with Gasteiger partial charge in [-0.2, -0.15) is 0 Å². The highest BCUT2D eigenvalue weighted by Crippen LogP contribution is 2.19. The summed E-state index contributed by atoms with van der Waals surface area (Å²) >= 11 is 0. The molecule has 0 radical (unpaired) electrons. The lowest BCUT2D eigenvalue weighted by Crippen LogP contribution is -2.23. The fourth-order valence-corrected chi connectivity index (χ4v) is 1.30. The second-order valence-electron chi connectivity index (χ2n) is 3.39. The van der Waals surface area contributed by atoms with Crippen LogP contribution in [0.3, 0.4) is 0 Å². The van der Waals surface area contributed by atoms with Gasteiger partial charge in [0.2, 0.25) is 0 Å². The number of rotatable bonds is 5. The number of carboxylic acid groups (broad SMARTS) is 1. The Morgan fingerprint density at radius 3 is 2.75 bits per heavy atom. The van der Waals surface area contributed by atoms with E-state index in [1.54, 1.807) is 19.1 Å². The first-order valence-electron chi connectivity index (χ1n) is 4.79. The van der Waals surface area contributed by atoms with Crippen molar-refractivity contribution >= 4 is 11.7 Å². The summed E-state index contributed by atoms with van der Waals surface area (Å²) in [7, 11) is 3.29. The van der Waals surface area contributed by atoms with Crippen LogP contribution >= 0.6 is 0 Å². The summed E-state index contributed by atoms with van der Waals surface area (Å²) in [5.41, 5.74) is 0.309. The number of likely N-dealkylation sites (N-methyl/N-ethyl adjacent to an activating group) is 1. The molecule has 1 aromatic carbocycles. The third-order valence-corrected chi connectivity index (χ3v) is 2.24. The Bertz CT molecular complexity index is 381. The zero-order chi connectivity index (χ0) is 12.1. The fraction of sp³-hybridized carbons (Fsp3) is 0.364. The van der Waals surface area contributed by atoms with Crippen LogP contribution in [0.15, 0.2) is 18.2 Å². The van der Waals surface area contributed by atoms with E-state index >= 15 is 0 Å². The molecule has 0 aliphatic heterocycles. The summed E-state index contributed by atoms with van der Waals surface area (Å²) in [6, 6.07) is 3.85. The predicted octanol–water partition coefficient (Wildman–Crippen LogP) is 1.61. The molecule has 0 aliphatic rings. The molecule has 0 aromatic heterocycles. The number of nitrogens with zero attached hydrogens (tertiary/aromatic N) is 1. The van der Waals surface area contributed by atoms with Gasteiger partial charge in [0.15, 0.2) is 0 Å². The van der Waals surface area contributed by atoms with E-state index in [0.29, 0.717) is 18.8 Å². The van der Waals surface area contributed by atoms with Crippen LogP contribution in [0.1, 0.15) is 10.4 Å². The van der Waals surface area contributed by atoms with Gasteiger partial charge in [-0.25, -0.2) is 9.18 Å². The molecule has 0 aliphatic carbocycles. The van der Waals surface area contributed by atoms with Gasteiger partial charge >= 0.3 is 5.97 Å². The molecular weight excluding hydrogens is 213 g/mol. The largest absolute Gasteiger partial charge is 0.478 e. The van der Waals surface area contributed by atoms with E-state index in [0.717, 1.165) is 6.07 Å². The minimum Gasteiger partial charge on any atom is -0.478 e. The third kappa shape index (κ3) is 2.93. The number of methoxy groups -OCH3 is 1. The minimum atomic E-state index is -1.13. The van der Waals surface area contributed by atoms with Crippen LogP contribution in [-0.2, 0) is 4.74 Å². The maximum absolute atomic E-state index is 13.5. The molecule has 0 atom stereocenters. The van der Waals surface area contributed by atoms with Crippen molar-refractivity contribution in [1.29, 1.82) is 0 Å². The molecule has 0 spiro atoms. The quantitative estimate of drug-likeness (QED) is 0.830. The highest BCUT2D eigenvalue weighted by atomic mass is 19.1. The summed E-state index contributed by atoms with van der Waals surface area (Å²) in [6.07, 6.45) is 0. The van der Waals surface area contributed by atoms with E-state index in [1.165, 1.54) is 12.1 Å². The molecule has 0 bridgehead atoms. The molecule has 0 amide bonds. The molecule has 16 heavy (non-hydrogen) atoms. The normalized spacial score (nSPS) is 10.2. The molecule has 0 saturated carbocycles. The summed E-state index contributed by atoms with van der Waals surface area (Å²) in [5.74, 6) is -1.68. The van der Waals surface area contributed by atoms with Crippen LogP contribution in [0, 0.1) is 5.82 Å². The van der Waals surface area contributed by atoms with Crippen LogP contribution in [0.25, 0.3) is 0 Å². The van der Waals surface area contributed by atoms with Crippen LogP contribution in [-0.4, -0.2) is 38.4 Å². The molecule has 1 rings (SSSR count). The lowest BCUT2D eigenvalue weighted by Gasteiger charge is -2.19. The zero-order valence-electron chi connectivity index (χ0n) is 9.24. The van der Waals surface area contributed by atoms with E-state index in [-0.39, 0.29) is 5.56 Å². The van der Waals surface area contributed by atoms with E-state index in [4.69, 9.17) is 9.84 Å². The number of aromatic carboxylic acids is 1. The molecule has 0 heterocycles. The number of carbonyl (C=O) groups is 1. The van der Waals surface area contributed by atoms with E-state index < -0.39 is 11.8 Å². The zero-order valence-corrected chi connectivity index (χ0v) is 9.24. The smallest absolute Gasteiger partial charge is 0.335 e. The Morgan fingerprint density at radius 2 is 2.25 bits per heavy atom. The number of carboxylic acids is 1. The second-order valence-corrected chi connectivity index (χ2v) is 3.39. The summed E-state index contributed by atoms with van der Waals surface area (Å²) in [6.45, 7) is 1.02. The van der Waals surface area contributed by atoms with Crippen molar-refractivity contribution in [3.63, 3.8) is 0 Å². The SMILES string of the molecule is COCCN(C)c1ccc(C(=O)O)cc1F. The Hall–Kier alpha value is -1.62. The van der Waals surface area contributed by atoms with Crippen LogP contribution in [0.2, 0.25) is 0 Å². The summed E-state index contributed by atoms with van der Waals surface area (Å²) < 4.78 is 18.4. The van der Waals surface area contributed by atoms with Crippen molar-refractivity contribution in [1.82, 2.24) is 0 Å². The third-order valence-electron chi connectivity index (χ3n) is 2.24. The molecule has 0 fully saturated rings. The monoisotopic (exact) mass is 227 g/mol. The Kier molecular flexibility index (Phi) is 4.25. The Balaban J connectivity index is 2.85. The molecule has 5 heteroatoms. The van der Waals surface area contributed by atoms with Gasteiger partial charge in [0.1, 0.15) is 5.82 Å². The topological polar surface area (TPSA) is 49.8 Å². The van der Waals surface area contributed by atoms with E-state index in [2.05, 4.69) is 0 Å². The van der Waals surface area contributed by atoms with Gasteiger partial charge in [0.05, 0.1) is 17.9 Å². The van der Waals surface area contributed by atoms with Crippen molar-refractivity contribution in [2.45, 2.75) is 0 Å². The molecule has 88 valence electrons. The highest BCUT2D eigenvalue weighted by Gasteiger charge is 2.10. The van der Waals surface area contributed by atoms with Crippen LogP contribution < -0.4 is 4.90 Å². The maximum Gasteiger partial charge on any atom is 0.335 e. The van der Waals surface area contributed by atoms with Gasteiger partial charge in [-0.05, 0) is 18.2 Å². The first kappa shape index (κ1) is 12.4. The maximum atomic E-state index is 13.5. The molecule has 1 aromatic rings. The average Bonchev–Trinajstić information content (AvgIpc) is 2.25. The van der Waals surface area contributed by atoms with Gasteiger partial charge in [-0.3, -0.25) is 0 Å². The number of hydrogen-bond donors (Lipinski definition) is 1. The molecule has 4 nitrogen and oxygen atoms in total. The van der Waals surface area contributed by atoms with Crippen LogP contribution in [0.4, 0.5) is 10.1 Å². The van der Waals surface area contributed by atoms with Gasteiger partial charge in [-0.15, -0.1) is 0 Å².